The van der Waals surface area contributed by atoms with E-state index < -0.39 is 22.0 Å². The molecule has 5 nitrogen and oxygen atoms in total. The number of hydrogen-bond acceptors (Lipinski definition) is 4. The molecular formula is C15H23NO4S. The largest absolute Gasteiger partial charge is 0.389 e. The van der Waals surface area contributed by atoms with Crippen LogP contribution in [0, 0.1) is 16.7 Å². The van der Waals surface area contributed by atoms with Crippen molar-refractivity contribution < 1.29 is 18.3 Å². The molecule has 0 aromatic rings. The molecule has 4 atom stereocenters. The van der Waals surface area contributed by atoms with Gasteiger partial charge in [0.15, 0.2) is 0 Å². The number of aliphatic hydroxyl groups is 1. The van der Waals surface area contributed by atoms with E-state index in [1.165, 1.54) is 6.08 Å². The van der Waals surface area contributed by atoms with Crippen molar-refractivity contribution in [2.24, 2.45) is 16.7 Å². The van der Waals surface area contributed by atoms with Crippen LogP contribution in [-0.4, -0.2) is 41.6 Å². The standard InChI is InChI=1S/C15H23NO4S/c1-4-11(17)8-13(18)16-12-7-10-5-6-15(12,14(10,2)3)9-21(16,19)20/h4,10-12,17H,1,5-9H2,2-3H3/t10-,11-,12-,15-/m1/s1. The maximum atomic E-state index is 12.6. The molecule has 1 amide bonds. The van der Waals surface area contributed by atoms with Gasteiger partial charge in [-0.15, -0.1) is 6.58 Å². The molecule has 1 spiro atoms. The summed E-state index contributed by atoms with van der Waals surface area (Å²) in [6.45, 7) is 7.72. The summed E-state index contributed by atoms with van der Waals surface area (Å²) < 4.78 is 26.2. The maximum Gasteiger partial charge on any atom is 0.239 e. The Morgan fingerprint density at radius 1 is 1.52 bits per heavy atom. The van der Waals surface area contributed by atoms with Gasteiger partial charge in [-0.2, -0.15) is 0 Å². The van der Waals surface area contributed by atoms with Crippen molar-refractivity contribution >= 4 is 15.9 Å². The molecule has 1 heterocycles. The quantitative estimate of drug-likeness (QED) is 0.797. The van der Waals surface area contributed by atoms with Crippen molar-refractivity contribution in [2.75, 3.05) is 5.75 Å². The second kappa shape index (κ2) is 4.32. The summed E-state index contributed by atoms with van der Waals surface area (Å²) in [6, 6.07) is -0.222. The van der Waals surface area contributed by atoms with Gasteiger partial charge in [0.1, 0.15) is 0 Å². The number of carbonyl (C=O) groups is 1. The summed E-state index contributed by atoms with van der Waals surface area (Å²) in [4.78, 5) is 12.4. The summed E-state index contributed by atoms with van der Waals surface area (Å²) in [5.74, 6) is 0.0645. The van der Waals surface area contributed by atoms with Crippen LogP contribution in [0.5, 0.6) is 0 Å². The van der Waals surface area contributed by atoms with Crippen molar-refractivity contribution in [1.82, 2.24) is 4.31 Å². The number of aliphatic hydroxyl groups excluding tert-OH is 1. The van der Waals surface area contributed by atoms with Gasteiger partial charge in [-0.3, -0.25) is 4.79 Å². The molecule has 118 valence electrons. The smallest absolute Gasteiger partial charge is 0.239 e. The Hall–Kier alpha value is -0.880. The van der Waals surface area contributed by atoms with Crippen LogP contribution in [0.15, 0.2) is 12.7 Å². The lowest BCUT2D eigenvalue weighted by Crippen LogP contribution is -2.44. The molecule has 21 heavy (non-hydrogen) atoms. The van der Waals surface area contributed by atoms with Crippen molar-refractivity contribution in [3.63, 3.8) is 0 Å². The summed E-state index contributed by atoms with van der Waals surface area (Å²) in [6.07, 6.45) is 2.76. The molecule has 3 aliphatic rings. The molecule has 2 aliphatic carbocycles. The Kier molecular flexibility index (Phi) is 3.09. The zero-order valence-corrected chi connectivity index (χ0v) is 13.4. The highest BCUT2D eigenvalue weighted by molar-refractivity contribution is 7.90. The Labute approximate surface area is 126 Å². The van der Waals surface area contributed by atoms with Crippen LogP contribution in [0.3, 0.4) is 0 Å². The van der Waals surface area contributed by atoms with E-state index in [4.69, 9.17) is 0 Å². The lowest BCUT2D eigenvalue weighted by molar-refractivity contribution is -0.130. The Balaban J connectivity index is 1.97. The average molecular weight is 313 g/mol. The topological polar surface area (TPSA) is 74.7 Å². The molecule has 6 heteroatoms. The Morgan fingerprint density at radius 3 is 2.76 bits per heavy atom. The number of carbonyl (C=O) groups excluding carboxylic acids is 1. The zero-order valence-electron chi connectivity index (χ0n) is 12.6. The number of fused-ring (bicyclic) bond motifs is 1. The third-order valence-corrected chi connectivity index (χ3v) is 8.25. The maximum absolute atomic E-state index is 12.6. The minimum absolute atomic E-state index is 0.0448. The first-order chi connectivity index (χ1) is 9.65. The lowest BCUT2D eigenvalue weighted by Gasteiger charge is -2.37. The van der Waals surface area contributed by atoms with Crippen LogP contribution in [-0.2, 0) is 14.8 Å². The summed E-state index contributed by atoms with van der Waals surface area (Å²) in [5.41, 5.74) is -0.345. The fourth-order valence-electron chi connectivity index (χ4n) is 4.97. The van der Waals surface area contributed by atoms with Crippen LogP contribution < -0.4 is 0 Å². The molecule has 0 unspecified atom stereocenters. The van der Waals surface area contributed by atoms with Gasteiger partial charge >= 0.3 is 0 Å². The zero-order chi connectivity index (χ0) is 15.6. The van der Waals surface area contributed by atoms with Gasteiger partial charge in [-0.1, -0.05) is 19.9 Å². The van der Waals surface area contributed by atoms with Crippen LogP contribution in [0.2, 0.25) is 0 Å². The molecule has 2 bridgehead atoms. The molecule has 1 saturated heterocycles. The van der Waals surface area contributed by atoms with E-state index in [1.807, 2.05) is 0 Å². The normalized spacial score (nSPS) is 40.0. The molecular weight excluding hydrogens is 290 g/mol. The summed E-state index contributed by atoms with van der Waals surface area (Å²) >= 11 is 0. The van der Waals surface area contributed by atoms with E-state index in [1.54, 1.807) is 0 Å². The van der Waals surface area contributed by atoms with Crippen LogP contribution >= 0.6 is 0 Å². The van der Waals surface area contributed by atoms with Gasteiger partial charge in [0, 0.05) is 5.41 Å². The van der Waals surface area contributed by atoms with Gasteiger partial charge in [0.05, 0.1) is 24.3 Å². The predicted molar refractivity (Wildman–Crippen MR) is 78.8 cm³/mol. The highest BCUT2D eigenvalue weighted by Crippen LogP contribution is 2.69. The van der Waals surface area contributed by atoms with E-state index >= 15 is 0 Å². The first kappa shape index (κ1) is 15.0. The molecule has 1 aliphatic heterocycles. The lowest BCUT2D eigenvalue weighted by atomic mass is 9.69. The summed E-state index contributed by atoms with van der Waals surface area (Å²) in [7, 11) is -3.58. The third kappa shape index (κ3) is 1.78. The van der Waals surface area contributed by atoms with E-state index in [0.717, 1.165) is 23.6 Å². The third-order valence-electron chi connectivity index (χ3n) is 6.31. The van der Waals surface area contributed by atoms with Crippen LogP contribution in [0.1, 0.15) is 39.5 Å². The number of sulfonamides is 1. The van der Waals surface area contributed by atoms with Gasteiger partial charge < -0.3 is 5.11 Å². The monoisotopic (exact) mass is 313 g/mol. The number of nitrogens with zero attached hydrogens (tertiary/aromatic N) is 1. The fraction of sp³-hybridized carbons (Fsp3) is 0.800. The van der Waals surface area contributed by atoms with E-state index in [9.17, 15) is 18.3 Å². The molecule has 3 fully saturated rings. The molecule has 1 N–H and O–H groups in total. The van der Waals surface area contributed by atoms with E-state index in [2.05, 4.69) is 20.4 Å². The van der Waals surface area contributed by atoms with Crippen molar-refractivity contribution in [2.45, 2.75) is 51.7 Å². The highest BCUT2D eigenvalue weighted by Gasteiger charge is 2.72. The van der Waals surface area contributed by atoms with Gasteiger partial charge in [0.25, 0.3) is 0 Å². The van der Waals surface area contributed by atoms with Crippen LogP contribution in [0.4, 0.5) is 0 Å². The predicted octanol–water partition coefficient (Wildman–Crippen LogP) is 1.29. The minimum atomic E-state index is -3.58. The molecule has 3 rings (SSSR count). The van der Waals surface area contributed by atoms with Crippen molar-refractivity contribution in [3.8, 4) is 0 Å². The number of rotatable bonds is 3. The second-order valence-corrected chi connectivity index (χ2v) is 9.16. The molecule has 0 aromatic heterocycles. The second-order valence-electron chi connectivity index (χ2n) is 7.32. The molecule has 0 aromatic carbocycles. The summed E-state index contributed by atoms with van der Waals surface area (Å²) in [5, 5.41) is 9.57. The highest BCUT2D eigenvalue weighted by atomic mass is 32.2. The Morgan fingerprint density at radius 2 is 2.19 bits per heavy atom. The van der Waals surface area contributed by atoms with E-state index in [0.29, 0.717) is 5.92 Å². The first-order valence-electron chi connectivity index (χ1n) is 7.51. The van der Waals surface area contributed by atoms with Crippen LogP contribution in [0.25, 0.3) is 0 Å². The fourth-order valence-corrected chi connectivity index (χ4v) is 7.53. The molecule has 0 radical (unpaired) electrons. The van der Waals surface area contributed by atoms with Gasteiger partial charge in [-0.05, 0) is 30.6 Å². The number of hydrogen-bond donors (Lipinski definition) is 1. The van der Waals surface area contributed by atoms with Gasteiger partial charge in [0.2, 0.25) is 15.9 Å². The average Bonchev–Trinajstić information content (AvgIpc) is 2.84. The minimum Gasteiger partial charge on any atom is -0.389 e. The molecule has 2 saturated carbocycles. The Bertz CT molecular complexity index is 597. The van der Waals surface area contributed by atoms with E-state index in [-0.39, 0.29) is 29.0 Å². The van der Waals surface area contributed by atoms with Gasteiger partial charge in [-0.25, -0.2) is 12.7 Å². The number of amides is 1. The first-order valence-corrected chi connectivity index (χ1v) is 9.12. The SMILES string of the molecule is C=C[C@@H](O)CC(=O)N1[C@@H]2C[C@H]3CC[C@]2(CS1(=O)=O)C3(C)C. The van der Waals surface area contributed by atoms with Crippen molar-refractivity contribution in [3.05, 3.63) is 12.7 Å². The van der Waals surface area contributed by atoms with Crippen molar-refractivity contribution in [1.29, 1.82) is 0 Å².